The Morgan fingerprint density at radius 1 is 1.20 bits per heavy atom. The fourth-order valence-electron chi connectivity index (χ4n) is 3.52. The summed E-state index contributed by atoms with van der Waals surface area (Å²) in [7, 11) is 0. The van der Waals surface area contributed by atoms with Crippen LogP contribution in [0.3, 0.4) is 0 Å². The highest BCUT2D eigenvalue weighted by molar-refractivity contribution is 5.81. The smallest absolute Gasteiger partial charge is 0.165 e. The molecule has 4 heterocycles. The van der Waals surface area contributed by atoms with Crippen LogP contribution in [0, 0.1) is 6.92 Å². The van der Waals surface area contributed by atoms with E-state index in [2.05, 4.69) is 46.3 Å². The fraction of sp³-hybridized carbons (Fsp3) is 0.421. The molecule has 6 nitrogen and oxygen atoms in total. The molecule has 3 aromatic rings. The van der Waals surface area contributed by atoms with E-state index in [1.165, 1.54) is 0 Å². The second-order valence-electron chi connectivity index (χ2n) is 6.50. The predicted molar refractivity (Wildman–Crippen MR) is 100 cm³/mol. The summed E-state index contributed by atoms with van der Waals surface area (Å²) < 4.78 is 1.89. The number of rotatable bonds is 4. The minimum atomic E-state index is 0.916. The molecule has 0 saturated carbocycles. The molecule has 1 N–H and O–H groups in total. The van der Waals surface area contributed by atoms with Gasteiger partial charge in [-0.05, 0) is 25.5 Å². The number of nitrogens with zero attached hydrogens (tertiary/aromatic N) is 5. The van der Waals surface area contributed by atoms with Gasteiger partial charge in [-0.15, -0.1) is 0 Å². The van der Waals surface area contributed by atoms with Gasteiger partial charge in [-0.25, -0.2) is 9.50 Å². The van der Waals surface area contributed by atoms with Crippen LogP contribution in [0.4, 0.5) is 5.82 Å². The summed E-state index contributed by atoms with van der Waals surface area (Å²) >= 11 is 0. The minimum Gasteiger partial charge on any atom is -0.354 e. The Bertz CT molecular complexity index is 879. The van der Waals surface area contributed by atoms with Gasteiger partial charge in [0, 0.05) is 49.8 Å². The molecule has 25 heavy (non-hydrogen) atoms. The summed E-state index contributed by atoms with van der Waals surface area (Å²) in [5.74, 6) is 1.02. The molecule has 4 rings (SSSR count). The first-order valence-electron chi connectivity index (χ1n) is 9.04. The van der Waals surface area contributed by atoms with E-state index in [0.29, 0.717) is 0 Å². The standard InChI is InChI=1S/C19H24N6/c1-3-5-16-15(6-4-8-21-16)18-14(2)23-25-11-7-17(22-19(18)25)24-12-9-20-10-13-24/h4,6-8,11,20H,3,5,9-10,12-13H2,1-2H3. The van der Waals surface area contributed by atoms with Crippen LogP contribution in [0.5, 0.6) is 0 Å². The highest BCUT2D eigenvalue weighted by atomic mass is 15.3. The Morgan fingerprint density at radius 2 is 2.04 bits per heavy atom. The molecule has 0 bridgehead atoms. The summed E-state index contributed by atoms with van der Waals surface area (Å²) in [6.07, 6.45) is 5.92. The number of hydrogen-bond acceptors (Lipinski definition) is 5. The Kier molecular flexibility index (Phi) is 4.36. The van der Waals surface area contributed by atoms with Gasteiger partial charge >= 0.3 is 0 Å². The maximum Gasteiger partial charge on any atom is 0.165 e. The van der Waals surface area contributed by atoms with Crippen molar-refractivity contribution >= 4 is 11.5 Å². The van der Waals surface area contributed by atoms with Crippen LogP contribution in [0.1, 0.15) is 24.7 Å². The van der Waals surface area contributed by atoms with Crippen LogP contribution in [0.2, 0.25) is 0 Å². The van der Waals surface area contributed by atoms with Crippen LogP contribution in [0.15, 0.2) is 30.6 Å². The first-order chi connectivity index (χ1) is 12.3. The number of piperazine rings is 1. The second-order valence-corrected chi connectivity index (χ2v) is 6.50. The van der Waals surface area contributed by atoms with Gasteiger partial charge in [0.2, 0.25) is 0 Å². The average molecular weight is 336 g/mol. The average Bonchev–Trinajstić information content (AvgIpc) is 2.98. The maximum atomic E-state index is 4.97. The van der Waals surface area contributed by atoms with Crippen LogP contribution >= 0.6 is 0 Å². The molecule has 6 heteroatoms. The molecule has 3 aromatic heterocycles. The molecular formula is C19H24N6. The third kappa shape index (κ3) is 2.98. The lowest BCUT2D eigenvalue weighted by Gasteiger charge is -2.28. The van der Waals surface area contributed by atoms with Crippen molar-refractivity contribution in [2.75, 3.05) is 31.1 Å². The zero-order valence-electron chi connectivity index (χ0n) is 14.9. The number of anilines is 1. The van der Waals surface area contributed by atoms with Crippen LogP contribution in [-0.4, -0.2) is 45.8 Å². The molecule has 0 aromatic carbocycles. The molecule has 1 aliphatic heterocycles. The molecule has 0 unspecified atom stereocenters. The van der Waals surface area contributed by atoms with Gasteiger partial charge in [-0.2, -0.15) is 5.10 Å². The SMILES string of the molecule is CCCc1ncccc1-c1c(C)nn2ccc(N3CCNCC3)nc12. The number of pyridine rings is 1. The summed E-state index contributed by atoms with van der Waals surface area (Å²) in [6, 6.07) is 6.20. The Hall–Kier alpha value is -2.47. The van der Waals surface area contributed by atoms with Crippen LogP contribution in [-0.2, 0) is 6.42 Å². The predicted octanol–water partition coefficient (Wildman–Crippen LogP) is 2.46. The Morgan fingerprint density at radius 3 is 2.84 bits per heavy atom. The van der Waals surface area contributed by atoms with Crippen molar-refractivity contribution in [3.05, 3.63) is 42.0 Å². The molecular weight excluding hydrogens is 312 g/mol. The van der Waals surface area contributed by atoms with Gasteiger partial charge in [0.1, 0.15) is 5.82 Å². The first kappa shape index (κ1) is 16.0. The summed E-state index contributed by atoms with van der Waals surface area (Å²) in [4.78, 5) is 11.9. The van der Waals surface area contributed by atoms with Gasteiger partial charge in [0.05, 0.1) is 11.3 Å². The molecule has 1 fully saturated rings. The maximum absolute atomic E-state index is 4.97. The number of fused-ring (bicyclic) bond motifs is 1. The zero-order chi connectivity index (χ0) is 17.2. The van der Waals surface area contributed by atoms with Crippen molar-refractivity contribution in [3.8, 4) is 11.1 Å². The van der Waals surface area contributed by atoms with Crippen molar-refractivity contribution in [3.63, 3.8) is 0 Å². The quantitative estimate of drug-likeness (QED) is 0.793. The van der Waals surface area contributed by atoms with Crippen LogP contribution in [0.25, 0.3) is 16.8 Å². The lowest BCUT2D eigenvalue weighted by molar-refractivity contribution is 0.585. The van der Waals surface area contributed by atoms with E-state index in [1.807, 2.05) is 23.0 Å². The monoisotopic (exact) mass is 336 g/mol. The lowest BCUT2D eigenvalue weighted by atomic mass is 10.0. The first-order valence-corrected chi connectivity index (χ1v) is 9.04. The van der Waals surface area contributed by atoms with E-state index in [4.69, 9.17) is 4.98 Å². The molecule has 0 amide bonds. The fourth-order valence-corrected chi connectivity index (χ4v) is 3.52. The van der Waals surface area contributed by atoms with Crippen molar-refractivity contribution < 1.29 is 0 Å². The number of hydrogen-bond donors (Lipinski definition) is 1. The number of aromatic nitrogens is 4. The van der Waals surface area contributed by atoms with Gasteiger partial charge in [-0.3, -0.25) is 4.98 Å². The summed E-state index contributed by atoms with van der Waals surface area (Å²) in [5.41, 5.74) is 5.29. The van der Waals surface area contributed by atoms with Gasteiger partial charge in [0.25, 0.3) is 0 Å². The normalized spacial score (nSPS) is 15.0. The molecule has 0 aliphatic carbocycles. The van der Waals surface area contributed by atoms with E-state index in [0.717, 1.165) is 73.0 Å². The molecule has 0 radical (unpaired) electrons. The van der Waals surface area contributed by atoms with E-state index in [-0.39, 0.29) is 0 Å². The van der Waals surface area contributed by atoms with Crippen molar-refractivity contribution in [1.82, 2.24) is 24.9 Å². The molecule has 1 saturated heterocycles. The van der Waals surface area contributed by atoms with Gasteiger partial charge in [-0.1, -0.05) is 19.4 Å². The highest BCUT2D eigenvalue weighted by Crippen LogP contribution is 2.30. The van der Waals surface area contributed by atoms with E-state index >= 15 is 0 Å². The molecule has 130 valence electrons. The second kappa shape index (κ2) is 6.80. The Labute approximate surface area is 147 Å². The highest BCUT2D eigenvalue weighted by Gasteiger charge is 2.19. The van der Waals surface area contributed by atoms with Gasteiger partial charge in [0.15, 0.2) is 5.65 Å². The number of nitrogens with one attached hydrogen (secondary N) is 1. The van der Waals surface area contributed by atoms with Crippen molar-refractivity contribution in [2.45, 2.75) is 26.7 Å². The van der Waals surface area contributed by atoms with E-state index in [9.17, 15) is 0 Å². The Balaban J connectivity index is 1.84. The van der Waals surface area contributed by atoms with Crippen LogP contribution < -0.4 is 10.2 Å². The third-order valence-electron chi connectivity index (χ3n) is 4.73. The van der Waals surface area contributed by atoms with Crippen molar-refractivity contribution in [2.24, 2.45) is 0 Å². The van der Waals surface area contributed by atoms with E-state index < -0.39 is 0 Å². The lowest BCUT2D eigenvalue weighted by Crippen LogP contribution is -2.43. The largest absolute Gasteiger partial charge is 0.354 e. The minimum absolute atomic E-state index is 0.916. The topological polar surface area (TPSA) is 58.4 Å². The molecule has 0 spiro atoms. The van der Waals surface area contributed by atoms with Crippen molar-refractivity contribution in [1.29, 1.82) is 0 Å². The van der Waals surface area contributed by atoms with E-state index in [1.54, 1.807) is 0 Å². The zero-order valence-corrected chi connectivity index (χ0v) is 14.9. The number of aryl methyl sites for hydroxylation is 2. The summed E-state index contributed by atoms with van der Waals surface area (Å²) in [5, 5.41) is 8.06. The third-order valence-corrected chi connectivity index (χ3v) is 4.73. The van der Waals surface area contributed by atoms with Gasteiger partial charge < -0.3 is 10.2 Å². The summed E-state index contributed by atoms with van der Waals surface area (Å²) in [6.45, 7) is 8.21. The molecule has 0 atom stereocenters. The molecule has 1 aliphatic rings.